The van der Waals surface area contributed by atoms with Gasteiger partial charge in [-0.25, -0.2) is 9.78 Å². The van der Waals surface area contributed by atoms with Crippen LogP contribution in [0.25, 0.3) is 0 Å². The first kappa shape index (κ1) is 20.4. The number of methoxy groups -OCH3 is 1. The molecule has 1 atom stereocenters. The molecule has 2 amide bonds. The van der Waals surface area contributed by atoms with E-state index in [4.69, 9.17) is 9.73 Å². The quantitative estimate of drug-likeness (QED) is 0.772. The fraction of sp³-hybridized carbons (Fsp3) is 0.450. The Morgan fingerprint density at radius 1 is 1.29 bits per heavy atom. The number of aromatic amines is 1. The number of aromatic nitrogens is 2. The summed E-state index contributed by atoms with van der Waals surface area (Å²) >= 11 is 0. The van der Waals surface area contributed by atoms with E-state index in [-0.39, 0.29) is 24.5 Å². The van der Waals surface area contributed by atoms with E-state index in [0.717, 1.165) is 30.2 Å². The van der Waals surface area contributed by atoms with Crippen molar-refractivity contribution in [2.24, 2.45) is 4.99 Å². The second-order valence-electron chi connectivity index (χ2n) is 6.97. The lowest BCUT2D eigenvalue weighted by Gasteiger charge is -2.32. The molecule has 2 aliphatic heterocycles. The Labute approximate surface area is 171 Å². The van der Waals surface area contributed by atoms with Gasteiger partial charge in [0.2, 0.25) is 0 Å². The third kappa shape index (κ3) is 3.77. The number of amides is 2. The van der Waals surface area contributed by atoms with Gasteiger partial charge in [-0.05, 0) is 18.4 Å². The van der Waals surface area contributed by atoms with Crippen molar-refractivity contribution in [1.82, 2.24) is 14.9 Å². The summed E-state index contributed by atoms with van der Waals surface area (Å²) in [5.74, 6) is 2.24. The van der Waals surface area contributed by atoms with Gasteiger partial charge in [-0.3, -0.25) is 14.8 Å². The first-order valence-corrected chi connectivity index (χ1v) is 9.50. The molecule has 8 heteroatoms. The number of hydrogen-bond acceptors (Lipinski definition) is 4. The van der Waals surface area contributed by atoms with Crippen LogP contribution >= 0.6 is 12.4 Å². The zero-order valence-corrected chi connectivity index (χ0v) is 17.0. The van der Waals surface area contributed by atoms with Crippen LogP contribution in [-0.4, -0.2) is 59.6 Å². The summed E-state index contributed by atoms with van der Waals surface area (Å²) in [6.07, 6.45) is 2.37. The fourth-order valence-electron chi connectivity index (χ4n) is 3.69. The number of fused-ring (bicyclic) bond motifs is 3. The van der Waals surface area contributed by atoms with Crippen molar-refractivity contribution >= 4 is 30.1 Å². The number of urea groups is 1. The number of nitrogens with zero attached hydrogens (tertiary/aromatic N) is 4. The Kier molecular flexibility index (Phi) is 6.36. The zero-order chi connectivity index (χ0) is 18.8. The molecule has 0 aliphatic carbocycles. The number of nitrogens with one attached hydrogen (secondary N) is 1. The lowest BCUT2D eigenvalue weighted by Crippen LogP contribution is -2.50. The molecule has 1 N–H and O–H groups in total. The Hall–Kier alpha value is -2.38. The smallest absolute Gasteiger partial charge is 0.331 e. The maximum absolute atomic E-state index is 13.1. The van der Waals surface area contributed by atoms with Gasteiger partial charge in [-0.2, -0.15) is 0 Å². The molecule has 0 bridgehead atoms. The molecule has 0 radical (unpaired) electrons. The summed E-state index contributed by atoms with van der Waals surface area (Å²) in [5, 5.41) is 0. The van der Waals surface area contributed by atoms with Crippen molar-refractivity contribution in [3.05, 3.63) is 47.4 Å². The normalized spacial score (nSPS) is 17.9. The molecular weight excluding hydrogens is 378 g/mol. The molecule has 0 saturated carbocycles. The van der Waals surface area contributed by atoms with Crippen LogP contribution in [0.15, 0.2) is 35.3 Å². The van der Waals surface area contributed by atoms with Crippen LogP contribution in [0.5, 0.6) is 0 Å². The van der Waals surface area contributed by atoms with Crippen LogP contribution in [-0.2, 0) is 17.6 Å². The molecule has 2 aliphatic rings. The van der Waals surface area contributed by atoms with E-state index < -0.39 is 0 Å². The maximum Gasteiger partial charge on any atom is 0.331 e. The van der Waals surface area contributed by atoms with Gasteiger partial charge in [-0.1, -0.05) is 37.3 Å². The molecule has 3 heterocycles. The Morgan fingerprint density at radius 3 is 2.79 bits per heavy atom. The third-order valence-electron chi connectivity index (χ3n) is 4.93. The highest BCUT2D eigenvalue weighted by Crippen LogP contribution is 2.31. The summed E-state index contributed by atoms with van der Waals surface area (Å²) in [7, 11) is 1.67. The molecule has 0 fully saturated rings. The van der Waals surface area contributed by atoms with Gasteiger partial charge in [0, 0.05) is 20.1 Å². The minimum atomic E-state index is -0.0246. The molecule has 2 aromatic rings. The van der Waals surface area contributed by atoms with E-state index in [9.17, 15) is 4.79 Å². The minimum absolute atomic E-state index is 0. The van der Waals surface area contributed by atoms with E-state index in [0.29, 0.717) is 31.9 Å². The van der Waals surface area contributed by atoms with E-state index >= 15 is 0 Å². The highest BCUT2D eigenvalue weighted by atomic mass is 35.5. The van der Waals surface area contributed by atoms with Gasteiger partial charge in [0.05, 0.1) is 19.2 Å². The Morgan fingerprint density at radius 2 is 2.07 bits per heavy atom. The second kappa shape index (κ2) is 8.75. The molecular formula is C20H26ClN5O2. The molecule has 4 rings (SSSR count). The predicted octanol–water partition coefficient (Wildman–Crippen LogP) is 3.04. The highest BCUT2D eigenvalue weighted by molar-refractivity contribution is 6.18. The van der Waals surface area contributed by atoms with E-state index in [2.05, 4.69) is 29.0 Å². The highest BCUT2D eigenvalue weighted by Gasteiger charge is 2.42. The van der Waals surface area contributed by atoms with Crippen LogP contribution in [0.4, 0.5) is 10.6 Å². The third-order valence-corrected chi connectivity index (χ3v) is 4.93. The summed E-state index contributed by atoms with van der Waals surface area (Å²) in [4.78, 5) is 29.6. The molecule has 0 spiro atoms. The maximum atomic E-state index is 13.1. The van der Waals surface area contributed by atoms with Crippen LogP contribution < -0.4 is 4.90 Å². The first-order chi connectivity index (χ1) is 13.2. The van der Waals surface area contributed by atoms with Gasteiger partial charge in [0.25, 0.3) is 0 Å². The number of amidine groups is 1. The molecule has 7 nitrogen and oxygen atoms in total. The monoisotopic (exact) mass is 403 g/mol. The van der Waals surface area contributed by atoms with Gasteiger partial charge in [0.1, 0.15) is 11.5 Å². The van der Waals surface area contributed by atoms with E-state index in [1.54, 1.807) is 16.9 Å². The number of rotatable bonds is 7. The number of H-pyrrole nitrogens is 1. The van der Waals surface area contributed by atoms with Crippen LogP contribution in [0.3, 0.4) is 0 Å². The fourth-order valence-corrected chi connectivity index (χ4v) is 3.69. The van der Waals surface area contributed by atoms with Crippen LogP contribution in [0.2, 0.25) is 0 Å². The Balaban J connectivity index is 0.00000225. The average molecular weight is 404 g/mol. The largest absolute Gasteiger partial charge is 0.384 e. The van der Waals surface area contributed by atoms with Crippen LogP contribution in [0, 0.1) is 0 Å². The van der Waals surface area contributed by atoms with Gasteiger partial charge >= 0.3 is 6.03 Å². The van der Waals surface area contributed by atoms with Crippen molar-refractivity contribution in [3.63, 3.8) is 0 Å². The molecule has 150 valence electrons. The van der Waals surface area contributed by atoms with Crippen molar-refractivity contribution in [3.8, 4) is 0 Å². The molecule has 0 saturated heterocycles. The predicted molar refractivity (Wildman–Crippen MR) is 112 cm³/mol. The SMILES string of the molecule is CCCN1C(=O)N2C[C@@H](Cc3ccccc3)N=C2c2[nH]c(CCOC)nc21.Cl. The molecule has 1 aromatic heterocycles. The second-order valence-corrected chi connectivity index (χ2v) is 6.97. The summed E-state index contributed by atoms with van der Waals surface area (Å²) in [6.45, 7) is 3.90. The molecule has 28 heavy (non-hydrogen) atoms. The number of ether oxygens (including phenoxy) is 1. The number of imidazole rings is 1. The number of benzene rings is 1. The van der Waals surface area contributed by atoms with E-state index in [1.807, 2.05) is 18.2 Å². The summed E-state index contributed by atoms with van der Waals surface area (Å²) in [5.41, 5.74) is 2.08. The number of carbonyl (C=O) groups is 1. The lowest BCUT2D eigenvalue weighted by atomic mass is 10.1. The summed E-state index contributed by atoms with van der Waals surface area (Å²) < 4.78 is 5.16. The van der Waals surface area contributed by atoms with Gasteiger partial charge in [0.15, 0.2) is 11.7 Å². The molecule has 0 unspecified atom stereocenters. The van der Waals surface area contributed by atoms with Gasteiger partial charge < -0.3 is 9.72 Å². The topological polar surface area (TPSA) is 73.8 Å². The van der Waals surface area contributed by atoms with Crippen LogP contribution in [0.1, 0.15) is 30.4 Å². The summed E-state index contributed by atoms with van der Waals surface area (Å²) in [6, 6.07) is 10.3. The zero-order valence-electron chi connectivity index (χ0n) is 16.2. The lowest BCUT2D eigenvalue weighted by molar-refractivity contribution is 0.200. The number of anilines is 1. The minimum Gasteiger partial charge on any atom is -0.384 e. The first-order valence-electron chi connectivity index (χ1n) is 9.50. The number of carbonyl (C=O) groups excluding carboxylic acids is 1. The number of hydrogen-bond donors (Lipinski definition) is 1. The standard InChI is InChI=1S/C20H25N5O2.ClH/c1-3-10-24-19-17(22-16(23-19)9-11-27-2)18-21-15(13-25(18)20(24)26)12-14-7-5-4-6-8-14;/h4-8,15H,3,9-13H2,1-2H3,(H,22,23);1H/t15-;/m1./s1. The number of halogens is 1. The van der Waals surface area contributed by atoms with Crippen molar-refractivity contribution < 1.29 is 9.53 Å². The molecule has 1 aromatic carbocycles. The Bertz CT molecular complexity index is 852. The number of aliphatic imine (C=N–C) groups is 1. The van der Waals surface area contributed by atoms with Crippen molar-refractivity contribution in [2.45, 2.75) is 32.2 Å². The van der Waals surface area contributed by atoms with Crippen molar-refractivity contribution in [1.29, 1.82) is 0 Å². The van der Waals surface area contributed by atoms with Crippen molar-refractivity contribution in [2.75, 3.05) is 31.7 Å². The average Bonchev–Trinajstić information content (AvgIpc) is 3.28. The van der Waals surface area contributed by atoms with E-state index in [1.165, 1.54) is 5.56 Å². The van der Waals surface area contributed by atoms with Gasteiger partial charge in [-0.15, -0.1) is 12.4 Å².